The van der Waals surface area contributed by atoms with Gasteiger partial charge < -0.3 is 19.3 Å². The van der Waals surface area contributed by atoms with Crippen molar-refractivity contribution >= 4 is 60.3 Å². The highest BCUT2D eigenvalue weighted by atomic mass is 35.5. The summed E-state index contributed by atoms with van der Waals surface area (Å²) in [4.78, 5) is 35.6. The number of rotatable bonds is 10. The number of hydrogen-bond donors (Lipinski definition) is 0. The molecule has 11 nitrogen and oxygen atoms in total. The maximum absolute atomic E-state index is 13.8. The molecule has 1 aromatic heterocycles. The molecule has 2 heterocycles. The summed E-state index contributed by atoms with van der Waals surface area (Å²) in [5.74, 6) is 0.259. The number of benzene rings is 2. The van der Waals surface area contributed by atoms with E-state index < -0.39 is 16.1 Å². The van der Waals surface area contributed by atoms with Crippen molar-refractivity contribution in [2.75, 3.05) is 72.0 Å². The average Bonchev–Trinajstić information content (AvgIpc) is 3.41. The fourth-order valence-electron chi connectivity index (χ4n) is 4.45. The number of ether oxygens (including phenoxy) is 2. The number of halogens is 1. The van der Waals surface area contributed by atoms with E-state index in [1.54, 1.807) is 31.1 Å². The number of carbonyl (C=O) groups is 2. The van der Waals surface area contributed by atoms with E-state index in [4.69, 9.17) is 26.1 Å². The Balaban J connectivity index is 1.56. The van der Waals surface area contributed by atoms with Crippen LogP contribution in [-0.4, -0.2) is 107 Å². The molecule has 1 aliphatic rings. The molecule has 0 spiro atoms. The van der Waals surface area contributed by atoms with Crippen LogP contribution in [-0.2, 0) is 14.8 Å². The molecule has 3 aromatic rings. The Labute approximate surface area is 249 Å². The smallest absolute Gasteiger partial charge is 0.409 e. The summed E-state index contributed by atoms with van der Waals surface area (Å²) in [5, 5.41) is 0.995. The molecule has 222 valence electrons. The van der Waals surface area contributed by atoms with Crippen molar-refractivity contribution in [2.45, 2.75) is 18.2 Å². The molecule has 4 rings (SSSR count). The van der Waals surface area contributed by atoms with E-state index in [1.165, 1.54) is 44.8 Å². The van der Waals surface area contributed by atoms with E-state index in [9.17, 15) is 18.0 Å². The first-order valence-corrected chi connectivity index (χ1v) is 15.8. The first-order valence-electron chi connectivity index (χ1n) is 13.2. The third-order valence-electron chi connectivity index (χ3n) is 6.63. The Bertz CT molecular complexity index is 1490. The highest BCUT2D eigenvalue weighted by molar-refractivity contribution is 7.89. The molecule has 0 atom stereocenters. The van der Waals surface area contributed by atoms with Crippen LogP contribution in [0.2, 0.25) is 5.02 Å². The van der Waals surface area contributed by atoms with Gasteiger partial charge in [-0.2, -0.15) is 4.31 Å². The fourth-order valence-corrected chi connectivity index (χ4v) is 7.15. The van der Waals surface area contributed by atoms with Gasteiger partial charge in [0.2, 0.25) is 10.0 Å². The van der Waals surface area contributed by atoms with Crippen molar-refractivity contribution in [1.29, 1.82) is 0 Å². The number of amides is 2. The van der Waals surface area contributed by atoms with Crippen molar-refractivity contribution < 1.29 is 27.5 Å². The van der Waals surface area contributed by atoms with Gasteiger partial charge in [-0.1, -0.05) is 22.9 Å². The fraction of sp³-hybridized carbons (Fsp3) is 0.444. The SMILES string of the molecule is CCOC(=O)N1CCN(S(=O)(=O)c2ccc(C(=O)N(CCCN(C)C)c3nc4c(OC)ccc(Cl)c4s3)cc2)CC1. The second kappa shape index (κ2) is 13.3. The molecule has 0 radical (unpaired) electrons. The maximum Gasteiger partial charge on any atom is 0.409 e. The molecule has 0 bridgehead atoms. The van der Waals surface area contributed by atoms with Crippen LogP contribution in [0.15, 0.2) is 41.3 Å². The number of thiazole rings is 1. The summed E-state index contributed by atoms with van der Waals surface area (Å²) in [7, 11) is 1.67. The summed E-state index contributed by atoms with van der Waals surface area (Å²) in [6, 6.07) is 9.39. The second-order valence-corrected chi connectivity index (χ2v) is 13.0. The third kappa shape index (κ3) is 6.92. The summed E-state index contributed by atoms with van der Waals surface area (Å²) < 4.78 is 39.1. The predicted molar refractivity (Wildman–Crippen MR) is 160 cm³/mol. The molecule has 1 saturated heterocycles. The van der Waals surface area contributed by atoms with E-state index in [0.29, 0.717) is 39.9 Å². The number of hydrogen-bond acceptors (Lipinski definition) is 9. The minimum atomic E-state index is -3.81. The van der Waals surface area contributed by atoms with Crippen LogP contribution in [0.25, 0.3) is 10.2 Å². The predicted octanol–water partition coefficient (Wildman–Crippen LogP) is 4.02. The number of fused-ring (bicyclic) bond motifs is 1. The molecule has 41 heavy (non-hydrogen) atoms. The molecule has 0 aliphatic carbocycles. The minimum Gasteiger partial charge on any atom is -0.494 e. The normalized spacial score (nSPS) is 14.4. The van der Waals surface area contributed by atoms with Crippen molar-refractivity contribution in [1.82, 2.24) is 19.1 Å². The molecule has 2 amide bonds. The van der Waals surface area contributed by atoms with Crippen molar-refractivity contribution in [2.24, 2.45) is 0 Å². The van der Waals surface area contributed by atoms with Gasteiger partial charge >= 0.3 is 6.09 Å². The lowest BCUT2D eigenvalue weighted by Gasteiger charge is -2.33. The number of nitrogens with zero attached hydrogens (tertiary/aromatic N) is 5. The Hall–Kier alpha value is -2.97. The summed E-state index contributed by atoms with van der Waals surface area (Å²) in [6.07, 6.45) is 0.250. The lowest BCUT2D eigenvalue weighted by Crippen LogP contribution is -2.50. The largest absolute Gasteiger partial charge is 0.494 e. The summed E-state index contributed by atoms with van der Waals surface area (Å²) >= 11 is 7.73. The average molecular weight is 624 g/mol. The van der Waals surface area contributed by atoms with E-state index in [1.807, 2.05) is 19.0 Å². The molecule has 2 aromatic carbocycles. The Morgan fingerprint density at radius 1 is 1.05 bits per heavy atom. The van der Waals surface area contributed by atoms with Gasteiger partial charge in [-0.05, 0) is 70.4 Å². The zero-order chi connectivity index (χ0) is 29.7. The van der Waals surface area contributed by atoms with Gasteiger partial charge in [-0.25, -0.2) is 18.2 Å². The number of anilines is 1. The van der Waals surface area contributed by atoms with Crippen molar-refractivity contribution in [3.8, 4) is 5.75 Å². The quantitative estimate of drug-likeness (QED) is 0.333. The lowest BCUT2D eigenvalue weighted by atomic mass is 10.2. The first-order chi connectivity index (χ1) is 19.6. The minimum absolute atomic E-state index is 0.0781. The molecule has 0 saturated carbocycles. The van der Waals surface area contributed by atoms with E-state index >= 15 is 0 Å². The molecule has 1 fully saturated rings. The monoisotopic (exact) mass is 623 g/mol. The molecular formula is C27H34ClN5O6S2. The molecule has 0 N–H and O–H groups in total. The maximum atomic E-state index is 13.8. The standard InChI is InChI=1S/C27H34ClN5O6S2/c1-5-39-27(35)31-15-17-32(18-16-31)41(36,37)20-9-7-19(8-10-20)25(34)33(14-6-13-30(2)3)26-29-23-22(38-4)12-11-21(28)24(23)40-26/h7-12H,5-6,13-18H2,1-4H3. The number of sulfonamides is 1. The molecule has 14 heteroatoms. The Morgan fingerprint density at radius 2 is 1.73 bits per heavy atom. The van der Waals surface area contributed by atoms with Crippen LogP contribution >= 0.6 is 22.9 Å². The van der Waals surface area contributed by atoms with Crippen molar-refractivity contribution in [3.63, 3.8) is 0 Å². The third-order valence-corrected chi connectivity index (χ3v) is 10.1. The van der Waals surface area contributed by atoms with Gasteiger partial charge in [0, 0.05) is 38.3 Å². The van der Waals surface area contributed by atoms with Gasteiger partial charge in [0.15, 0.2) is 5.13 Å². The molecule has 0 unspecified atom stereocenters. The van der Waals surface area contributed by atoms with Gasteiger partial charge in [0.25, 0.3) is 5.91 Å². The van der Waals surface area contributed by atoms with Crippen LogP contribution < -0.4 is 9.64 Å². The van der Waals surface area contributed by atoms with Crippen LogP contribution in [0, 0.1) is 0 Å². The highest BCUT2D eigenvalue weighted by Gasteiger charge is 2.31. The number of methoxy groups -OCH3 is 1. The first kappa shape index (κ1) is 31.0. The zero-order valence-electron chi connectivity index (χ0n) is 23.5. The topological polar surface area (TPSA) is 113 Å². The number of carbonyl (C=O) groups excluding carboxylic acids is 2. The van der Waals surface area contributed by atoms with Gasteiger partial charge in [0.05, 0.1) is 28.3 Å². The zero-order valence-corrected chi connectivity index (χ0v) is 25.9. The van der Waals surface area contributed by atoms with Gasteiger partial charge in [-0.15, -0.1) is 0 Å². The van der Waals surface area contributed by atoms with E-state index in [2.05, 4.69) is 0 Å². The van der Waals surface area contributed by atoms with Crippen LogP contribution in [0.4, 0.5) is 9.93 Å². The van der Waals surface area contributed by atoms with E-state index in [0.717, 1.165) is 11.2 Å². The molecular weight excluding hydrogens is 590 g/mol. The van der Waals surface area contributed by atoms with E-state index in [-0.39, 0.29) is 43.6 Å². The second-order valence-electron chi connectivity index (χ2n) is 9.65. The summed E-state index contributed by atoms with van der Waals surface area (Å²) in [6.45, 7) is 3.95. The van der Waals surface area contributed by atoms with Gasteiger partial charge in [-0.3, -0.25) is 9.69 Å². The highest BCUT2D eigenvalue weighted by Crippen LogP contribution is 2.39. The Kier molecular flexibility index (Phi) is 10.1. The number of aromatic nitrogens is 1. The van der Waals surface area contributed by atoms with Crippen molar-refractivity contribution in [3.05, 3.63) is 47.0 Å². The lowest BCUT2D eigenvalue weighted by molar-refractivity contribution is 0.0933. The van der Waals surface area contributed by atoms with Gasteiger partial charge in [0.1, 0.15) is 11.3 Å². The molecule has 1 aliphatic heterocycles. The number of piperazine rings is 1. The Morgan fingerprint density at radius 3 is 2.34 bits per heavy atom. The summed E-state index contributed by atoms with van der Waals surface area (Å²) in [5.41, 5.74) is 0.910. The van der Waals surface area contributed by atoms with Crippen LogP contribution in [0.1, 0.15) is 23.7 Å². The van der Waals surface area contributed by atoms with Crippen LogP contribution in [0.5, 0.6) is 5.75 Å². The van der Waals surface area contributed by atoms with Crippen LogP contribution in [0.3, 0.4) is 0 Å².